The van der Waals surface area contributed by atoms with Crippen molar-refractivity contribution in [2.45, 2.75) is 26.5 Å². The van der Waals surface area contributed by atoms with E-state index in [1.165, 1.54) is 5.56 Å². The lowest BCUT2D eigenvalue weighted by atomic mass is 10.1. The Hall–Kier alpha value is -1.31. The van der Waals surface area contributed by atoms with Gasteiger partial charge in [0, 0.05) is 18.1 Å². The minimum Gasteiger partial charge on any atom is -0.387 e. The number of hydrogen-bond acceptors (Lipinski definition) is 2. The molecule has 0 amide bonds. The molecule has 0 aliphatic heterocycles. The Morgan fingerprint density at radius 1 is 1.08 bits per heavy atom. The molecule has 0 spiro atoms. The van der Waals surface area contributed by atoms with Gasteiger partial charge in [0.05, 0.1) is 12.6 Å². The molecule has 0 aliphatic carbocycles. The number of nitrogens with zero attached hydrogens (tertiary/aromatic N) is 1. The summed E-state index contributed by atoms with van der Waals surface area (Å²) in [5.74, 6) is 0.679. The van der Waals surface area contributed by atoms with Crippen LogP contribution < -0.4 is 10.6 Å². The number of rotatable bonds is 6. The van der Waals surface area contributed by atoms with Gasteiger partial charge < -0.3 is 15.7 Å². The molecule has 0 aliphatic rings. The van der Waals surface area contributed by atoms with Crippen LogP contribution in [0.1, 0.15) is 29.7 Å². The maximum Gasteiger partial charge on any atom is 0.191 e. The summed E-state index contributed by atoms with van der Waals surface area (Å²) < 4.78 is 0. The van der Waals surface area contributed by atoms with Crippen LogP contribution in [-0.4, -0.2) is 24.2 Å². The number of aliphatic hydroxyl groups is 1. The number of halogens is 2. The van der Waals surface area contributed by atoms with Gasteiger partial charge >= 0.3 is 0 Å². The van der Waals surface area contributed by atoms with Crippen LogP contribution in [0.25, 0.3) is 0 Å². The Morgan fingerprint density at radius 2 is 1.72 bits per heavy atom. The number of hydrogen-bond donors (Lipinski definition) is 3. The highest BCUT2D eigenvalue weighted by Crippen LogP contribution is 2.13. The average molecular weight is 474 g/mol. The first kappa shape index (κ1) is 21.7. The van der Waals surface area contributed by atoms with E-state index in [1.54, 1.807) is 0 Å². The summed E-state index contributed by atoms with van der Waals surface area (Å²) in [5.41, 5.74) is 3.15. The monoisotopic (exact) mass is 473 g/mol. The fraction of sp³-hybridized carbons (Fsp3) is 0.316. The maximum absolute atomic E-state index is 10.3. The highest BCUT2D eigenvalue weighted by Gasteiger charge is 2.08. The van der Waals surface area contributed by atoms with Crippen LogP contribution in [0.5, 0.6) is 0 Å². The topological polar surface area (TPSA) is 56.7 Å². The molecule has 0 aromatic heterocycles. The Kier molecular flexibility index (Phi) is 9.85. The van der Waals surface area contributed by atoms with Crippen molar-refractivity contribution in [1.82, 2.24) is 10.6 Å². The van der Waals surface area contributed by atoms with Crippen molar-refractivity contribution in [2.24, 2.45) is 4.99 Å². The predicted octanol–water partition coefficient (Wildman–Crippen LogP) is 4.06. The Balaban J connectivity index is 0.00000312. The summed E-state index contributed by atoms with van der Waals surface area (Å²) >= 11 is 5.89. The minimum atomic E-state index is -0.579. The van der Waals surface area contributed by atoms with Crippen LogP contribution in [-0.2, 0) is 6.54 Å². The fourth-order valence-electron chi connectivity index (χ4n) is 2.20. The van der Waals surface area contributed by atoms with Crippen molar-refractivity contribution >= 4 is 41.5 Å². The summed E-state index contributed by atoms with van der Waals surface area (Å²) in [6.45, 7) is 5.74. The van der Waals surface area contributed by atoms with E-state index in [9.17, 15) is 5.11 Å². The van der Waals surface area contributed by atoms with Crippen LogP contribution in [0.4, 0.5) is 0 Å². The zero-order valence-corrected chi connectivity index (χ0v) is 17.6. The second-order valence-corrected chi connectivity index (χ2v) is 6.07. The molecule has 0 radical (unpaired) electrons. The zero-order valence-electron chi connectivity index (χ0n) is 14.5. The molecule has 136 valence electrons. The second kappa shape index (κ2) is 11.3. The van der Waals surface area contributed by atoms with Crippen molar-refractivity contribution in [2.75, 3.05) is 13.1 Å². The number of aryl methyl sites for hydroxylation is 1. The molecule has 0 bridgehead atoms. The van der Waals surface area contributed by atoms with E-state index in [1.807, 2.05) is 62.4 Å². The highest BCUT2D eigenvalue weighted by atomic mass is 127. The molecule has 0 heterocycles. The van der Waals surface area contributed by atoms with E-state index in [4.69, 9.17) is 11.6 Å². The van der Waals surface area contributed by atoms with E-state index in [-0.39, 0.29) is 24.0 Å². The van der Waals surface area contributed by atoms with Gasteiger partial charge in [-0.25, -0.2) is 4.99 Å². The molecule has 2 aromatic rings. The first-order valence-electron chi connectivity index (χ1n) is 8.09. The zero-order chi connectivity index (χ0) is 17.4. The summed E-state index contributed by atoms with van der Waals surface area (Å²) in [6, 6.07) is 15.5. The second-order valence-electron chi connectivity index (χ2n) is 5.63. The first-order chi connectivity index (χ1) is 11.6. The number of guanidine groups is 1. The molecule has 0 saturated carbocycles. The molecule has 1 unspecified atom stereocenters. The highest BCUT2D eigenvalue weighted by molar-refractivity contribution is 14.0. The van der Waals surface area contributed by atoms with Gasteiger partial charge in [-0.05, 0) is 37.1 Å². The average Bonchev–Trinajstić information content (AvgIpc) is 2.59. The van der Waals surface area contributed by atoms with Gasteiger partial charge in [-0.3, -0.25) is 0 Å². The van der Waals surface area contributed by atoms with Crippen LogP contribution in [0, 0.1) is 6.92 Å². The number of aliphatic imine (C=N–C) groups is 1. The Labute approximate surface area is 171 Å². The first-order valence-corrected chi connectivity index (χ1v) is 8.47. The van der Waals surface area contributed by atoms with Gasteiger partial charge in [-0.1, -0.05) is 53.6 Å². The number of aliphatic hydroxyl groups excluding tert-OH is 1. The summed E-state index contributed by atoms with van der Waals surface area (Å²) in [5, 5.41) is 17.4. The minimum absolute atomic E-state index is 0. The fourth-order valence-corrected chi connectivity index (χ4v) is 2.33. The normalized spacial score (nSPS) is 12.2. The van der Waals surface area contributed by atoms with Crippen LogP contribution in [0.3, 0.4) is 0 Å². The lowest BCUT2D eigenvalue weighted by Gasteiger charge is -2.15. The molecule has 2 aromatic carbocycles. The van der Waals surface area contributed by atoms with Gasteiger partial charge in [0.25, 0.3) is 0 Å². The smallest absolute Gasteiger partial charge is 0.191 e. The summed E-state index contributed by atoms with van der Waals surface area (Å²) in [6.07, 6.45) is -0.579. The Morgan fingerprint density at radius 3 is 2.32 bits per heavy atom. The molecule has 3 N–H and O–H groups in total. The van der Waals surface area contributed by atoms with E-state index in [0.717, 1.165) is 17.7 Å². The lowest BCUT2D eigenvalue weighted by Crippen LogP contribution is -2.39. The third-order valence-corrected chi connectivity index (χ3v) is 3.85. The van der Waals surface area contributed by atoms with E-state index in [0.29, 0.717) is 24.1 Å². The van der Waals surface area contributed by atoms with Crippen molar-refractivity contribution in [3.8, 4) is 0 Å². The van der Waals surface area contributed by atoms with Crippen LogP contribution in [0.2, 0.25) is 5.02 Å². The van der Waals surface area contributed by atoms with Crippen LogP contribution >= 0.6 is 35.6 Å². The van der Waals surface area contributed by atoms with Crippen molar-refractivity contribution < 1.29 is 5.11 Å². The third-order valence-electron chi connectivity index (χ3n) is 3.60. The van der Waals surface area contributed by atoms with Gasteiger partial charge in [0.15, 0.2) is 5.96 Å². The lowest BCUT2D eigenvalue weighted by molar-refractivity contribution is 0.181. The molecule has 25 heavy (non-hydrogen) atoms. The largest absolute Gasteiger partial charge is 0.387 e. The van der Waals surface area contributed by atoms with Gasteiger partial charge in [0.2, 0.25) is 0 Å². The van der Waals surface area contributed by atoms with Crippen molar-refractivity contribution in [3.05, 3.63) is 70.2 Å². The van der Waals surface area contributed by atoms with E-state index >= 15 is 0 Å². The van der Waals surface area contributed by atoms with E-state index < -0.39 is 6.10 Å². The maximum atomic E-state index is 10.3. The van der Waals surface area contributed by atoms with Crippen LogP contribution in [0.15, 0.2) is 53.5 Å². The molecule has 2 rings (SSSR count). The molecule has 4 nitrogen and oxygen atoms in total. The number of benzene rings is 2. The molecular formula is C19H25ClIN3O. The summed E-state index contributed by atoms with van der Waals surface area (Å²) in [4.78, 5) is 4.53. The molecular weight excluding hydrogens is 449 g/mol. The number of nitrogens with one attached hydrogen (secondary N) is 2. The predicted molar refractivity (Wildman–Crippen MR) is 116 cm³/mol. The van der Waals surface area contributed by atoms with Gasteiger partial charge in [-0.2, -0.15) is 0 Å². The van der Waals surface area contributed by atoms with E-state index in [2.05, 4.69) is 15.6 Å². The summed E-state index contributed by atoms with van der Waals surface area (Å²) in [7, 11) is 0. The third kappa shape index (κ3) is 7.63. The Bertz CT molecular complexity index is 659. The van der Waals surface area contributed by atoms with Gasteiger partial charge in [-0.15, -0.1) is 24.0 Å². The molecule has 0 fully saturated rings. The van der Waals surface area contributed by atoms with Crippen molar-refractivity contribution in [3.63, 3.8) is 0 Å². The standard InChI is InChI=1S/C19H24ClN3O.HI/c1-3-21-19(22-12-15-6-10-17(20)11-7-15)23-13-18(24)16-8-4-14(2)5-9-16;/h4-11,18,24H,3,12-13H2,1-2H3,(H2,21,22,23);1H. The SMILES string of the molecule is CCNC(=NCc1ccc(Cl)cc1)NCC(O)c1ccc(C)cc1.I. The quantitative estimate of drug-likeness (QED) is 0.337. The molecule has 1 atom stereocenters. The van der Waals surface area contributed by atoms with Gasteiger partial charge in [0.1, 0.15) is 0 Å². The van der Waals surface area contributed by atoms with Crippen molar-refractivity contribution in [1.29, 1.82) is 0 Å². The molecule has 0 saturated heterocycles. The molecule has 6 heteroatoms.